The molecule has 1 heterocycles. The molecule has 0 atom stereocenters. The molecule has 20 heavy (non-hydrogen) atoms. The molecular weight excluding hydrogens is 276 g/mol. The van der Waals surface area contributed by atoms with E-state index < -0.39 is 15.6 Å². The maximum atomic E-state index is 12.6. The summed E-state index contributed by atoms with van der Waals surface area (Å²) in [4.78, 5) is 0.301. The molecule has 6 nitrogen and oxygen atoms in total. The number of nitrogens with one attached hydrogen (secondary N) is 2. The number of likely N-dealkylation sites (N-methyl/N-ethyl adjacent to an activating group) is 1. The first-order valence-electron chi connectivity index (χ1n) is 6.87. The number of hydrogen-bond acceptors (Lipinski definition) is 4. The SMILES string of the molecule is CCC(C)(C)NS(=O)(=O)c1c(C)nn(CCNC)c1C. The summed E-state index contributed by atoms with van der Waals surface area (Å²) < 4.78 is 29.6. The molecule has 0 aromatic carbocycles. The summed E-state index contributed by atoms with van der Waals surface area (Å²) in [5, 5.41) is 7.36. The van der Waals surface area contributed by atoms with E-state index in [1.165, 1.54) is 0 Å². The quantitative estimate of drug-likeness (QED) is 0.793. The Morgan fingerprint density at radius 3 is 2.40 bits per heavy atom. The Labute approximate surface area is 122 Å². The van der Waals surface area contributed by atoms with Crippen LogP contribution in [0.25, 0.3) is 0 Å². The van der Waals surface area contributed by atoms with Crippen LogP contribution in [0.1, 0.15) is 38.6 Å². The number of aryl methyl sites for hydroxylation is 1. The lowest BCUT2D eigenvalue weighted by Crippen LogP contribution is -2.43. The molecule has 0 unspecified atom stereocenters. The van der Waals surface area contributed by atoms with E-state index in [2.05, 4.69) is 15.1 Å². The van der Waals surface area contributed by atoms with Crippen LogP contribution in [-0.2, 0) is 16.6 Å². The molecule has 1 aromatic rings. The molecule has 2 N–H and O–H groups in total. The maximum absolute atomic E-state index is 12.6. The van der Waals surface area contributed by atoms with Crippen molar-refractivity contribution in [3.8, 4) is 0 Å². The topological polar surface area (TPSA) is 76.0 Å². The van der Waals surface area contributed by atoms with Gasteiger partial charge in [-0.3, -0.25) is 4.68 Å². The van der Waals surface area contributed by atoms with Gasteiger partial charge in [0, 0.05) is 12.1 Å². The first kappa shape index (κ1) is 17.1. The van der Waals surface area contributed by atoms with Crippen molar-refractivity contribution in [2.45, 2.75) is 58.0 Å². The van der Waals surface area contributed by atoms with Gasteiger partial charge in [-0.2, -0.15) is 5.10 Å². The van der Waals surface area contributed by atoms with Crippen LogP contribution in [0.4, 0.5) is 0 Å². The normalized spacial score (nSPS) is 12.9. The number of sulfonamides is 1. The molecular formula is C13H26N4O2S. The number of hydrogen-bond donors (Lipinski definition) is 2. The molecule has 0 spiro atoms. The second-order valence-electron chi connectivity index (χ2n) is 5.67. The second-order valence-corrected chi connectivity index (χ2v) is 7.29. The van der Waals surface area contributed by atoms with Crippen molar-refractivity contribution in [2.24, 2.45) is 0 Å². The minimum absolute atomic E-state index is 0.301. The van der Waals surface area contributed by atoms with Crippen molar-refractivity contribution >= 4 is 10.0 Å². The van der Waals surface area contributed by atoms with E-state index in [1.807, 2.05) is 27.8 Å². The van der Waals surface area contributed by atoms with Crippen LogP contribution in [0.15, 0.2) is 4.90 Å². The van der Waals surface area contributed by atoms with Crippen LogP contribution in [0, 0.1) is 13.8 Å². The minimum Gasteiger partial charge on any atom is -0.318 e. The molecule has 0 aliphatic rings. The summed E-state index contributed by atoms with van der Waals surface area (Å²) >= 11 is 0. The van der Waals surface area contributed by atoms with Crippen LogP contribution in [0.5, 0.6) is 0 Å². The third-order valence-electron chi connectivity index (χ3n) is 3.45. The van der Waals surface area contributed by atoms with E-state index in [9.17, 15) is 8.42 Å². The Morgan fingerprint density at radius 2 is 1.90 bits per heavy atom. The zero-order valence-electron chi connectivity index (χ0n) is 13.2. The van der Waals surface area contributed by atoms with Gasteiger partial charge in [0.15, 0.2) is 0 Å². The zero-order chi connectivity index (χ0) is 15.6. The van der Waals surface area contributed by atoms with Gasteiger partial charge >= 0.3 is 0 Å². The van der Waals surface area contributed by atoms with Crippen molar-refractivity contribution < 1.29 is 8.42 Å². The molecule has 1 aromatic heterocycles. The third kappa shape index (κ3) is 3.80. The van der Waals surface area contributed by atoms with E-state index in [1.54, 1.807) is 18.5 Å². The average molecular weight is 302 g/mol. The highest BCUT2D eigenvalue weighted by molar-refractivity contribution is 7.89. The van der Waals surface area contributed by atoms with Gasteiger partial charge in [-0.05, 0) is 41.2 Å². The lowest BCUT2D eigenvalue weighted by Gasteiger charge is -2.24. The van der Waals surface area contributed by atoms with Gasteiger partial charge in [0.2, 0.25) is 10.0 Å². The highest BCUT2D eigenvalue weighted by atomic mass is 32.2. The average Bonchev–Trinajstić information content (AvgIpc) is 2.61. The molecule has 7 heteroatoms. The van der Waals surface area contributed by atoms with Crippen molar-refractivity contribution in [3.05, 3.63) is 11.4 Å². The summed E-state index contributed by atoms with van der Waals surface area (Å²) in [7, 11) is -1.69. The van der Waals surface area contributed by atoms with Crippen molar-refractivity contribution in [1.29, 1.82) is 0 Å². The standard InChI is InChI=1S/C13H26N4O2S/c1-7-13(4,5)16-20(18,19)12-10(2)15-17(11(12)3)9-8-14-6/h14,16H,7-9H2,1-6H3. The molecule has 0 saturated heterocycles. The summed E-state index contributed by atoms with van der Waals surface area (Å²) in [6.45, 7) is 10.6. The highest BCUT2D eigenvalue weighted by Crippen LogP contribution is 2.22. The van der Waals surface area contributed by atoms with Crippen LogP contribution < -0.4 is 10.0 Å². The Balaban J connectivity index is 3.16. The smallest absolute Gasteiger partial charge is 0.244 e. The minimum atomic E-state index is -3.55. The Bertz CT molecular complexity index is 561. The monoisotopic (exact) mass is 302 g/mol. The molecule has 116 valence electrons. The van der Waals surface area contributed by atoms with Crippen LogP contribution in [0.3, 0.4) is 0 Å². The molecule has 0 saturated carbocycles. The molecule has 0 aliphatic carbocycles. The predicted molar refractivity (Wildman–Crippen MR) is 80.3 cm³/mol. The zero-order valence-corrected chi connectivity index (χ0v) is 14.1. The van der Waals surface area contributed by atoms with Crippen molar-refractivity contribution in [3.63, 3.8) is 0 Å². The predicted octanol–water partition coefficient (Wildman–Crippen LogP) is 1.19. The fourth-order valence-electron chi connectivity index (χ4n) is 1.99. The fraction of sp³-hybridized carbons (Fsp3) is 0.769. The summed E-state index contributed by atoms with van der Waals surface area (Å²) in [5.41, 5.74) is 0.750. The third-order valence-corrected chi connectivity index (χ3v) is 5.40. The lowest BCUT2D eigenvalue weighted by atomic mass is 10.0. The van der Waals surface area contributed by atoms with E-state index in [0.29, 0.717) is 22.8 Å². The number of aromatic nitrogens is 2. The van der Waals surface area contributed by atoms with Gasteiger partial charge < -0.3 is 5.32 Å². The van der Waals surface area contributed by atoms with Gasteiger partial charge in [-0.25, -0.2) is 13.1 Å². The molecule has 1 rings (SSSR count). The largest absolute Gasteiger partial charge is 0.318 e. The van der Waals surface area contributed by atoms with Crippen LogP contribution in [-0.4, -0.2) is 37.3 Å². The first-order valence-corrected chi connectivity index (χ1v) is 8.35. The summed E-state index contributed by atoms with van der Waals surface area (Å²) in [6, 6.07) is 0. The van der Waals surface area contributed by atoms with Crippen molar-refractivity contribution in [1.82, 2.24) is 19.8 Å². The van der Waals surface area contributed by atoms with Gasteiger partial charge in [-0.1, -0.05) is 6.92 Å². The fourth-order valence-corrected chi connectivity index (χ4v) is 3.89. The maximum Gasteiger partial charge on any atom is 0.244 e. The van der Waals surface area contributed by atoms with Crippen molar-refractivity contribution in [2.75, 3.05) is 13.6 Å². The highest BCUT2D eigenvalue weighted by Gasteiger charge is 2.29. The second kappa shape index (κ2) is 6.24. The Hall–Kier alpha value is -0.920. The van der Waals surface area contributed by atoms with E-state index in [4.69, 9.17) is 0 Å². The molecule has 0 aliphatic heterocycles. The van der Waals surface area contributed by atoms with E-state index >= 15 is 0 Å². The van der Waals surface area contributed by atoms with Gasteiger partial charge in [0.1, 0.15) is 4.90 Å². The van der Waals surface area contributed by atoms with E-state index in [-0.39, 0.29) is 0 Å². The van der Waals surface area contributed by atoms with Gasteiger partial charge in [0.25, 0.3) is 0 Å². The van der Waals surface area contributed by atoms with Crippen LogP contribution >= 0.6 is 0 Å². The lowest BCUT2D eigenvalue weighted by molar-refractivity contribution is 0.439. The van der Waals surface area contributed by atoms with E-state index in [0.717, 1.165) is 13.0 Å². The van der Waals surface area contributed by atoms with Gasteiger partial charge in [-0.15, -0.1) is 0 Å². The number of rotatable bonds is 7. The molecule has 0 amide bonds. The molecule has 0 fully saturated rings. The number of nitrogens with zero attached hydrogens (tertiary/aromatic N) is 2. The Kier molecular flexibility index (Phi) is 5.34. The summed E-state index contributed by atoms with van der Waals surface area (Å²) in [6.07, 6.45) is 0.720. The van der Waals surface area contributed by atoms with Gasteiger partial charge in [0.05, 0.1) is 17.9 Å². The van der Waals surface area contributed by atoms with Crippen LogP contribution in [0.2, 0.25) is 0 Å². The summed E-state index contributed by atoms with van der Waals surface area (Å²) in [5.74, 6) is 0. The molecule has 0 radical (unpaired) electrons. The Morgan fingerprint density at radius 1 is 1.30 bits per heavy atom. The molecule has 0 bridgehead atoms. The first-order chi connectivity index (χ1) is 9.14.